The van der Waals surface area contributed by atoms with Crippen LogP contribution in [0, 0.1) is 13.8 Å². The van der Waals surface area contributed by atoms with Crippen molar-refractivity contribution in [2.75, 3.05) is 5.73 Å². The Morgan fingerprint density at radius 3 is 2.57 bits per heavy atom. The molecule has 0 spiro atoms. The highest BCUT2D eigenvalue weighted by molar-refractivity contribution is 7.13. The lowest BCUT2D eigenvalue weighted by Crippen LogP contribution is -1.89. The van der Waals surface area contributed by atoms with Gasteiger partial charge in [0.05, 0.1) is 0 Å². The van der Waals surface area contributed by atoms with E-state index >= 15 is 0 Å². The minimum atomic E-state index is 0.862. The molecule has 0 aliphatic heterocycles. The highest BCUT2D eigenvalue weighted by atomic mass is 32.1. The first-order valence-corrected chi connectivity index (χ1v) is 5.47. The van der Waals surface area contributed by atoms with Gasteiger partial charge in [0, 0.05) is 16.1 Å². The Morgan fingerprint density at radius 1 is 1.14 bits per heavy atom. The summed E-state index contributed by atoms with van der Waals surface area (Å²) < 4.78 is 0. The number of anilines is 1. The zero-order valence-electron chi connectivity index (χ0n) is 8.37. The van der Waals surface area contributed by atoms with E-state index < -0.39 is 0 Å². The van der Waals surface area contributed by atoms with Crippen LogP contribution in [0.3, 0.4) is 0 Å². The van der Waals surface area contributed by atoms with Gasteiger partial charge in [-0.2, -0.15) is 0 Å². The fourth-order valence-electron chi connectivity index (χ4n) is 1.52. The summed E-state index contributed by atoms with van der Waals surface area (Å²) in [6.45, 7) is 4.21. The van der Waals surface area contributed by atoms with E-state index in [2.05, 4.69) is 31.4 Å². The fraction of sp³-hybridized carbons (Fsp3) is 0.167. The Balaban J connectivity index is 2.62. The van der Waals surface area contributed by atoms with Crippen LogP contribution in [0.2, 0.25) is 0 Å². The van der Waals surface area contributed by atoms with Gasteiger partial charge in [0.25, 0.3) is 0 Å². The van der Waals surface area contributed by atoms with Crippen molar-refractivity contribution in [1.29, 1.82) is 0 Å². The molecule has 0 fully saturated rings. The van der Waals surface area contributed by atoms with Crippen LogP contribution < -0.4 is 5.73 Å². The summed E-state index contributed by atoms with van der Waals surface area (Å²) in [4.78, 5) is 1.28. The van der Waals surface area contributed by atoms with Gasteiger partial charge in [-0.15, -0.1) is 11.3 Å². The largest absolute Gasteiger partial charge is 0.398 e. The van der Waals surface area contributed by atoms with Crippen LogP contribution in [-0.4, -0.2) is 0 Å². The Morgan fingerprint density at radius 2 is 1.93 bits per heavy atom. The fourth-order valence-corrected chi connectivity index (χ4v) is 2.48. The summed E-state index contributed by atoms with van der Waals surface area (Å²) in [7, 11) is 0. The van der Waals surface area contributed by atoms with Crippen molar-refractivity contribution in [2.24, 2.45) is 0 Å². The summed E-state index contributed by atoms with van der Waals surface area (Å²) in [6, 6.07) is 8.29. The lowest BCUT2D eigenvalue weighted by molar-refractivity contribution is 1.46. The summed E-state index contributed by atoms with van der Waals surface area (Å²) in [5.41, 5.74) is 10.5. The van der Waals surface area contributed by atoms with E-state index in [1.54, 1.807) is 11.3 Å². The number of rotatable bonds is 1. The molecule has 2 rings (SSSR count). The first-order valence-electron chi connectivity index (χ1n) is 4.59. The van der Waals surface area contributed by atoms with Gasteiger partial charge < -0.3 is 5.73 Å². The van der Waals surface area contributed by atoms with Crippen molar-refractivity contribution in [3.05, 3.63) is 40.8 Å². The maximum absolute atomic E-state index is 5.96. The average Bonchev–Trinajstić information content (AvgIpc) is 2.56. The second-order valence-electron chi connectivity index (χ2n) is 3.52. The van der Waals surface area contributed by atoms with Crippen molar-refractivity contribution in [1.82, 2.24) is 0 Å². The summed E-state index contributed by atoms with van der Waals surface area (Å²) in [6.07, 6.45) is 0. The highest BCUT2D eigenvalue weighted by Gasteiger charge is 2.06. The van der Waals surface area contributed by atoms with Gasteiger partial charge in [0.15, 0.2) is 0 Å². The van der Waals surface area contributed by atoms with Gasteiger partial charge in [-0.3, -0.25) is 0 Å². The molecule has 1 aromatic carbocycles. The highest BCUT2D eigenvalue weighted by Crippen LogP contribution is 2.33. The number of thiophene rings is 1. The number of hydrogen-bond acceptors (Lipinski definition) is 2. The Hall–Kier alpha value is -1.28. The van der Waals surface area contributed by atoms with Crippen LogP contribution >= 0.6 is 11.3 Å². The molecule has 0 amide bonds. The molecule has 2 N–H and O–H groups in total. The van der Waals surface area contributed by atoms with E-state index in [4.69, 9.17) is 5.73 Å². The van der Waals surface area contributed by atoms with Crippen molar-refractivity contribution in [3.8, 4) is 10.4 Å². The molecule has 0 aliphatic rings. The van der Waals surface area contributed by atoms with E-state index in [0.717, 1.165) is 11.3 Å². The molecule has 0 bridgehead atoms. The summed E-state index contributed by atoms with van der Waals surface area (Å²) in [5.74, 6) is 0. The zero-order chi connectivity index (χ0) is 10.1. The van der Waals surface area contributed by atoms with Crippen molar-refractivity contribution in [3.63, 3.8) is 0 Å². The van der Waals surface area contributed by atoms with Crippen LogP contribution in [0.15, 0.2) is 29.6 Å². The Bertz CT molecular complexity index is 457. The van der Waals surface area contributed by atoms with E-state index in [9.17, 15) is 0 Å². The first kappa shape index (κ1) is 9.28. The van der Waals surface area contributed by atoms with Gasteiger partial charge in [0.2, 0.25) is 0 Å². The Labute approximate surface area is 88.2 Å². The minimum Gasteiger partial charge on any atom is -0.398 e. The third-order valence-corrected chi connectivity index (χ3v) is 3.37. The molecule has 1 nitrogen and oxygen atoms in total. The van der Waals surface area contributed by atoms with Crippen LogP contribution in [-0.2, 0) is 0 Å². The molecule has 1 aromatic heterocycles. The van der Waals surface area contributed by atoms with Crippen LogP contribution in [0.5, 0.6) is 0 Å². The average molecular weight is 203 g/mol. The molecule has 1 heterocycles. The van der Waals surface area contributed by atoms with E-state index in [0.29, 0.717) is 0 Å². The lowest BCUT2D eigenvalue weighted by Gasteiger charge is -2.05. The van der Waals surface area contributed by atoms with E-state index in [1.165, 1.54) is 16.0 Å². The van der Waals surface area contributed by atoms with Gasteiger partial charge in [-0.1, -0.05) is 11.6 Å². The first-order chi connectivity index (χ1) is 6.68. The maximum atomic E-state index is 5.96. The van der Waals surface area contributed by atoms with E-state index in [1.807, 2.05) is 12.1 Å². The molecular formula is C12H13NS. The predicted octanol–water partition coefficient (Wildman–Crippen LogP) is 3.61. The maximum Gasteiger partial charge on any atom is 0.0402 e. The number of nitrogens with two attached hydrogens (primary N) is 1. The van der Waals surface area contributed by atoms with Crippen molar-refractivity contribution < 1.29 is 0 Å². The van der Waals surface area contributed by atoms with Gasteiger partial charge >= 0.3 is 0 Å². The van der Waals surface area contributed by atoms with Crippen molar-refractivity contribution in [2.45, 2.75) is 13.8 Å². The van der Waals surface area contributed by atoms with Crippen LogP contribution in [0.1, 0.15) is 11.1 Å². The second kappa shape index (κ2) is 3.46. The molecule has 0 aliphatic carbocycles. The molecule has 0 atom stereocenters. The molecule has 2 aromatic rings. The molecule has 0 unspecified atom stereocenters. The molecule has 0 saturated heterocycles. The van der Waals surface area contributed by atoms with Gasteiger partial charge in [-0.25, -0.2) is 0 Å². The smallest absolute Gasteiger partial charge is 0.0402 e. The SMILES string of the molecule is Cc1ccc(N)c(-c2sccc2C)c1. The topological polar surface area (TPSA) is 26.0 Å². The van der Waals surface area contributed by atoms with Crippen LogP contribution in [0.4, 0.5) is 5.69 Å². The van der Waals surface area contributed by atoms with Gasteiger partial charge in [-0.05, 0) is 43.0 Å². The zero-order valence-corrected chi connectivity index (χ0v) is 9.19. The summed E-state index contributed by atoms with van der Waals surface area (Å²) >= 11 is 1.75. The van der Waals surface area contributed by atoms with E-state index in [-0.39, 0.29) is 0 Å². The van der Waals surface area contributed by atoms with Crippen LogP contribution in [0.25, 0.3) is 10.4 Å². The number of hydrogen-bond donors (Lipinski definition) is 1. The Kier molecular flexibility index (Phi) is 2.30. The van der Waals surface area contributed by atoms with Crippen molar-refractivity contribution >= 4 is 17.0 Å². The molecule has 72 valence electrons. The second-order valence-corrected chi connectivity index (χ2v) is 4.44. The third-order valence-electron chi connectivity index (χ3n) is 2.32. The third kappa shape index (κ3) is 1.53. The molecule has 2 heteroatoms. The summed E-state index contributed by atoms with van der Waals surface area (Å²) in [5, 5.41) is 2.10. The molecule has 0 radical (unpaired) electrons. The number of nitrogen functional groups attached to an aromatic ring is 1. The monoisotopic (exact) mass is 203 g/mol. The molecule has 0 saturated carbocycles. The normalized spacial score (nSPS) is 10.4. The van der Waals surface area contributed by atoms with Gasteiger partial charge in [0.1, 0.15) is 0 Å². The predicted molar refractivity (Wildman–Crippen MR) is 63.6 cm³/mol. The lowest BCUT2D eigenvalue weighted by atomic mass is 10.1. The molecular weight excluding hydrogens is 190 g/mol. The standard InChI is InChI=1S/C12H13NS/c1-8-3-4-11(13)10(7-8)12-9(2)5-6-14-12/h3-7H,13H2,1-2H3. The number of aryl methyl sites for hydroxylation is 2. The number of benzene rings is 1. The molecule has 14 heavy (non-hydrogen) atoms. The quantitative estimate of drug-likeness (QED) is 0.704. The minimum absolute atomic E-state index is 0.862.